The third kappa shape index (κ3) is 2.86. The molecule has 1 aliphatic carbocycles. The summed E-state index contributed by atoms with van der Waals surface area (Å²) in [5.41, 5.74) is -0.220. The molecule has 1 amide bonds. The van der Waals surface area contributed by atoms with Crippen molar-refractivity contribution in [1.82, 2.24) is 10.2 Å². The van der Waals surface area contributed by atoms with Gasteiger partial charge in [-0.25, -0.2) is 0 Å². The molecule has 1 saturated heterocycles. The Balaban J connectivity index is 1.80. The van der Waals surface area contributed by atoms with Gasteiger partial charge in [0.1, 0.15) is 0 Å². The van der Waals surface area contributed by atoms with Crippen LogP contribution in [-0.4, -0.2) is 50.7 Å². The number of methoxy groups -OCH3 is 1. The summed E-state index contributed by atoms with van der Waals surface area (Å²) in [6, 6.07) is 0.516. The number of piperidine rings is 1. The Bertz CT molecular complexity index is 290. The van der Waals surface area contributed by atoms with Crippen LogP contribution in [0.25, 0.3) is 0 Å². The van der Waals surface area contributed by atoms with E-state index in [1.54, 1.807) is 7.11 Å². The van der Waals surface area contributed by atoms with Gasteiger partial charge in [-0.15, -0.1) is 0 Å². The van der Waals surface area contributed by atoms with Crippen molar-refractivity contribution in [2.75, 3.05) is 33.9 Å². The number of nitrogens with one attached hydrogen (secondary N) is 1. The van der Waals surface area contributed by atoms with Crippen molar-refractivity contribution in [3.63, 3.8) is 0 Å². The summed E-state index contributed by atoms with van der Waals surface area (Å²) in [6.07, 6.45) is 6.89. The van der Waals surface area contributed by atoms with Crippen LogP contribution in [0.4, 0.5) is 0 Å². The summed E-state index contributed by atoms with van der Waals surface area (Å²) >= 11 is 0. The number of carbonyl (C=O) groups is 1. The zero-order valence-corrected chi connectivity index (χ0v) is 11.7. The molecule has 1 heterocycles. The van der Waals surface area contributed by atoms with Crippen LogP contribution >= 0.6 is 0 Å². The van der Waals surface area contributed by atoms with E-state index in [1.165, 1.54) is 19.3 Å². The highest BCUT2D eigenvalue weighted by Gasteiger charge is 2.44. The van der Waals surface area contributed by atoms with Gasteiger partial charge >= 0.3 is 0 Å². The highest BCUT2D eigenvalue weighted by Crippen LogP contribution is 2.41. The van der Waals surface area contributed by atoms with Gasteiger partial charge in [0.15, 0.2) is 0 Å². The standard InChI is InChI=1S/C14H26N2O2/c1-16-9-4-3-6-12(16)10-15-13(17)14(11-18-2)7-5-8-14/h12H,3-11H2,1-2H3,(H,15,17)/t12-/m0/s1. The molecule has 0 radical (unpaired) electrons. The smallest absolute Gasteiger partial charge is 0.228 e. The monoisotopic (exact) mass is 254 g/mol. The molecule has 4 heteroatoms. The van der Waals surface area contributed by atoms with Gasteiger partial charge < -0.3 is 15.0 Å². The molecular weight excluding hydrogens is 228 g/mol. The zero-order chi connectivity index (χ0) is 13.0. The van der Waals surface area contributed by atoms with Gasteiger partial charge in [-0.2, -0.15) is 0 Å². The average molecular weight is 254 g/mol. The Morgan fingerprint density at radius 3 is 2.72 bits per heavy atom. The minimum Gasteiger partial charge on any atom is -0.384 e. The molecule has 1 aliphatic heterocycles. The molecule has 0 bridgehead atoms. The Morgan fingerprint density at radius 2 is 2.17 bits per heavy atom. The first-order valence-corrected chi connectivity index (χ1v) is 7.15. The van der Waals surface area contributed by atoms with Crippen molar-refractivity contribution in [3.05, 3.63) is 0 Å². The van der Waals surface area contributed by atoms with E-state index in [-0.39, 0.29) is 11.3 Å². The lowest BCUT2D eigenvalue weighted by Gasteiger charge is -2.40. The van der Waals surface area contributed by atoms with Gasteiger partial charge in [0.25, 0.3) is 0 Å². The largest absolute Gasteiger partial charge is 0.384 e. The van der Waals surface area contributed by atoms with Gasteiger partial charge in [0.05, 0.1) is 12.0 Å². The van der Waals surface area contributed by atoms with Crippen molar-refractivity contribution in [2.24, 2.45) is 5.41 Å². The van der Waals surface area contributed by atoms with Gasteiger partial charge in [0, 0.05) is 19.7 Å². The summed E-state index contributed by atoms with van der Waals surface area (Å²) < 4.78 is 5.21. The third-order valence-corrected chi connectivity index (χ3v) is 4.63. The zero-order valence-electron chi connectivity index (χ0n) is 11.7. The van der Waals surface area contributed by atoms with Crippen molar-refractivity contribution < 1.29 is 9.53 Å². The predicted octanol–water partition coefficient (Wildman–Crippen LogP) is 1.40. The Hall–Kier alpha value is -0.610. The van der Waals surface area contributed by atoms with Crippen LogP contribution in [0, 0.1) is 5.41 Å². The SMILES string of the molecule is COCC1(C(=O)NC[C@@H]2CCCCN2C)CCC1. The molecule has 1 atom stereocenters. The number of carbonyl (C=O) groups excluding carboxylic acids is 1. The van der Waals surface area contributed by atoms with Gasteiger partial charge in [-0.3, -0.25) is 4.79 Å². The van der Waals surface area contributed by atoms with Gasteiger partial charge in [-0.1, -0.05) is 12.8 Å². The normalized spacial score (nSPS) is 27.6. The average Bonchev–Trinajstić information content (AvgIpc) is 2.32. The minimum absolute atomic E-state index is 0.203. The van der Waals surface area contributed by atoms with Crippen LogP contribution in [0.5, 0.6) is 0 Å². The van der Waals surface area contributed by atoms with Crippen LogP contribution < -0.4 is 5.32 Å². The Labute approximate surface area is 110 Å². The fourth-order valence-corrected chi connectivity index (χ4v) is 3.12. The number of likely N-dealkylation sites (N-methyl/N-ethyl adjacent to an activating group) is 1. The van der Waals surface area contributed by atoms with E-state index in [1.807, 2.05) is 0 Å². The molecule has 104 valence electrons. The topological polar surface area (TPSA) is 41.6 Å². The quantitative estimate of drug-likeness (QED) is 0.806. The number of nitrogens with zero attached hydrogens (tertiary/aromatic N) is 1. The predicted molar refractivity (Wildman–Crippen MR) is 71.4 cm³/mol. The highest BCUT2D eigenvalue weighted by molar-refractivity contribution is 5.83. The maximum Gasteiger partial charge on any atom is 0.228 e. The van der Waals surface area contributed by atoms with E-state index in [0.717, 1.165) is 32.4 Å². The van der Waals surface area contributed by atoms with Crippen molar-refractivity contribution >= 4 is 5.91 Å². The molecule has 4 nitrogen and oxygen atoms in total. The molecule has 0 aromatic carbocycles. The first-order valence-electron chi connectivity index (χ1n) is 7.15. The van der Waals surface area contributed by atoms with Crippen LogP contribution in [0.3, 0.4) is 0 Å². The summed E-state index contributed by atoms with van der Waals surface area (Å²) in [6.45, 7) is 2.52. The molecule has 0 spiro atoms. The molecule has 0 aromatic rings. The maximum absolute atomic E-state index is 12.3. The second-order valence-corrected chi connectivity index (χ2v) is 5.91. The van der Waals surface area contributed by atoms with Gasteiger partial charge in [-0.05, 0) is 39.3 Å². The number of rotatable bonds is 5. The molecule has 2 aliphatic rings. The molecule has 1 N–H and O–H groups in total. The lowest BCUT2D eigenvalue weighted by Crippen LogP contribution is -2.52. The van der Waals surface area contributed by atoms with Gasteiger partial charge in [0.2, 0.25) is 5.91 Å². The molecule has 18 heavy (non-hydrogen) atoms. The van der Waals surface area contributed by atoms with Crippen LogP contribution in [-0.2, 0) is 9.53 Å². The van der Waals surface area contributed by atoms with Crippen LogP contribution in [0.1, 0.15) is 38.5 Å². The first kappa shape index (κ1) is 13.8. The lowest BCUT2D eigenvalue weighted by molar-refractivity contribution is -0.140. The van der Waals surface area contributed by atoms with E-state index in [4.69, 9.17) is 4.74 Å². The Kier molecular flexibility index (Phi) is 4.62. The summed E-state index contributed by atoms with van der Waals surface area (Å²) in [4.78, 5) is 14.6. The number of hydrogen-bond acceptors (Lipinski definition) is 3. The summed E-state index contributed by atoms with van der Waals surface area (Å²) in [5, 5.41) is 3.15. The molecule has 2 fully saturated rings. The molecular formula is C14H26N2O2. The van der Waals surface area contributed by atoms with Crippen molar-refractivity contribution in [2.45, 2.75) is 44.6 Å². The minimum atomic E-state index is -0.220. The Morgan fingerprint density at radius 1 is 1.39 bits per heavy atom. The van der Waals surface area contributed by atoms with E-state index in [9.17, 15) is 4.79 Å². The second-order valence-electron chi connectivity index (χ2n) is 5.91. The van der Waals surface area contributed by atoms with Crippen molar-refractivity contribution in [1.29, 1.82) is 0 Å². The van der Waals surface area contributed by atoms with E-state index in [0.29, 0.717) is 12.6 Å². The van der Waals surface area contributed by atoms with E-state index < -0.39 is 0 Å². The fourth-order valence-electron chi connectivity index (χ4n) is 3.12. The second kappa shape index (κ2) is 6.02. The molecule has 1 saturated carbocycles. The fraction of sp³-hybridized carbons (Fsp3) is 0.929. The highest BCUT2D eigenvalue weighted by atomic mass is 16.5. The number of amides is 1. The van der Waals surface area contributed by atoms with Crippen LogP contribution in [0.2, 0.25) is 0 Å². The molecule has 0 unspecified atom stereocenters. The maximum atomic E-state index is 12.3. The summed E-state index contributed by atoms with van der Waals surface area (Å²) in [5.74, 6) is 0.203. The molecule has 2 rings (SSSR count). The third-order valence-electron chi connectivity index (χ3n) is 4.63. The molecule has 0 aromatic heterocycles. The van der Waals surface area contributed by atoms with Crippen molar-refractivity contribution in [3.8, 4) is 0 Å². The number of hydrogen-bond donors (Lipinski definition) is 1. The van der Waals surface area contributed by atoms with E-state index in [2.05, 4.69) is 17.3 Å². The number of ether oxygens (including phenoxy) is 1. The lowest BCUT2D eigenvalue weighted by atomic mass is 9.68. The first-order chi connectivity index (χ1) is 8.68. The van der Waals surface area contributed by atoms with E-state index >= 15 is 0 Å². The summed E-state index contributed by atoms with van der Waals surface area (Å²) in [7, 11) is 3.84. The van der Waals surface area contributed by atoms with Crippen LogP contribution in [0.15, 0.2) is 0 Å². The number of likely N-dealkylation sites (tertiary alicyclic amines) is 1.